The van der Waals surface area contributed by atoms with E-state index < -0.39 is 0 Å². The van der Waals surface area contributed by atoms with Crippen molar-refractivity contribution in [3.8, 4) is 12.1 Å². The number of amides is 1. The zero-order valence-corrected chi connectivity index (χ0v) is 17.1. The Morgan fingerprint density at radius 3 is 2.57 bits per heavy atom. The SMILES string of the molecule is CC(C)(CNC(=O)c1ccc(C#N)cc1)C1Nc2ccc(C#N)cc2C2OCCC21. The van der Waals surface area contributed by atoms with Crippen LogP contribution in [0.25, 0.3) is 0 Å². The molecule has 2 aromatic carbocycles. The molecule has 3 unspecified atom stereocenters. The predicted molar refractivity (Wildman–Crippen MR) is 113 cm³/mol. The van der Waals surface area contributed by atoms with Crippen molar-refractivity contribution in [3.05, 3.63) is 64.7 Å². The van der Waals surface area contributed by atoms with Crippen molar-refractivity contribution in [1.29, 1.82) is 10.5 Å². The van der Waals surface area contributed by atoms with Gasteiger partial charge in [-0.05, 0) is 48.9 Å². The molecule has 6 nitrogen and oxygen atoms in total. The van der Waals surface area contributed by atoms with Gasteiger partial charge in [-0.25, -0.2) is 0 Å². The number of anilines is 1. The quantitative estimate of drug-likeness (QED) is 0.814. The van der Waals surface area contributed by atoms with E-state index in [1.54, 1.807) is 24.3 Å². The average Bonchev–Trinajstić information content (AvgIpc) is 3.26. The van der Waals surface area contributed by atoms with Gasteiger partial charge in [-0.3, -0.25) is 4.79 Å². The monoisotopic (exact) mass is 400 g/mol. The third-order valence-corrected chi connectivity index (χ3v) is 6.19. The number of hydrogen-bond donors (Lipinski definition) is 2. The summed E-state index contributed by atoms with van der Waals surface area (Å²) in [5.74, 6) is 0.120. The lowest BCUT2D eigenvalue weighted by molar-refractivity contribution is 0.0652. The average molecular weight is 400 g/mol. The molecule has 1 fully saturated rings. The molecule has 0 bridgehead atoms. The molecule has 0 saturated carbocycles. The summed E-state index contributed by atoms with van der Waals surface area (Å²) in [6.45, 7) is 5.48. The van der Waals surface area contributed by atoms with E-state index in [-0.39, 0.29) is 29.4 Å². The number of nitriles is 2. The lowest BCUT2D eigenvalue weighted by Gasteiger charge is -2.45. The summed E-state index contributed by atoms with van der Waals surface area (Å²) in [7, 11) is 0. The van der Waals surface area contributed by atoms with Crippen LogP contribution in [0.2, 0.25) is 0 Å². The second-order valence-corrected chi connectivity index (χ2v) is 8.64. The summed E-state index contributed by atoms with van der Waals surface area (Å²) >= 11 is 0. The minimum atomic E-state index is -0.232. The van der Waals surface area contributed by atoms with Gasteiger partial charge in [0, 0.05) is 47.3 Å². The highest BCUT2D eigenvalue weighted by Gasteiger charge is 2.46. The molecule has 3 atom stereocenters. The van der Waals surface area contributed by atoms with Gasteiger partial charge in [-0.2, -0.15) is 10.5 Å². The van der Waals surface area contributed by atoms with Crippen LogP contribution < -0.4 is 10.6 Å². The first-order chi connectivity index (χ1) is 14.4. The Morgan fingerprint density at radius 2 is 1.87 bits per heavy atom. The van der Waals surface area contributed by atoms with Crippen LogP contribution >= 0.6 is 0 Å². The van der Waals surface area contributed by atoms with Crippen LogP contribution in [0.3, 0.4) is 0 Å². The van der Waals surface area contributed by atoms with Gasteiger partial charge in [0.15, 0.2) is 0 Å². The molecular formula is C24H24N4O2. The van der Waals surface area contributed by atoms with Gasteiger partial charge in [0.25, 0.3) is 5.91 Å². The summed E-state index contributed by atoms with van der Waals surface area (Å²) in [6.07, 6.45) is 0.902. The summed E-state index contributed by atoms with van der Waals surface area (Å²) in [5, 5.41) is 24.9. The van der Waals surface area contributed by atoms with Gasteiger partial charge in [-0.1, -0.05) is 13.8 Å². The summed E-state index contributed by atoms with van der Waals surface area (Å²) in [4.78, 5) is 12.6. The fraction of sp³-hybridized carbons (Fsp3) is 0.375. The zero-order chi connectivity index (χ0) is 21.3. The molecule has 2 aliphatic heterocycles. The molecule has 2 heterocycles. The minimum absolute atomic E-state index is 0.0342. The second kappa shape index (κ2) is 7.82. The molecule has 2 aromatic rings. The fourth-order valence-corrected chi connectivity index (χ4v) is 4.53. The van der Waals surface area contributed by atoms with Gasteiger partial charge in [0.05, 0.1) is 29.4 Å². The molecule has 0 spiro atoms. The van der Waals surface area contributed by atoms with Crippen LogP contribution in [-0.4, -0.2) is 25.1 Å². The number of carbonyl (C=O) groups excluding carboxylic acids is 1. The molecular weight excluding hydrogens is 376 g/mol. The topological polar surface area (TPSA) is 97.9 Å². The van der Waals surface area contributed by atoms with Crippen molar-refractivity contribution in [1.82, 2.24) is 5.32 Å². The van der Waals surface area contributed by atoms with Gasteiger partial charge in [0.1, 0.15) is 0 Å². The van der Waals surface area contributed by atoms with Crippen LogP contribution in [0.5, 0.6) is 0 Å². The normalized spacial score (nSPS) is 22.1. The standard InChI is InChI=1S/C24H24N4O2/c1-24(2,14-27-23(29)17-6-3-15(12-25)4-7-17)22-18-9-10-30-21(18)19-11-16(13-26)5-8-20(19)28-22/h3-8,11,18,21-22,28H,9-10,14H2,1-2H3,(H,27,29). The Bertz CT molecular complexity index is 1050. The van der Waals surface area contributed by atoms with E-state index in [0.29, 0.717) is 29.8 Å². The Kier molecular flexibility index (Phi) is 5.20. The molecule has 1 amide bonds. The number of hydrogen-bond acceptors (Lipinski definition) is 5. The molecule has 2 aliphatic rings. The number of nitrogens with one attached hydrogen (secondary N) is 2. The van der Waals surface area contributed by atoms with Crippen LogP contribution in [0.1, 0.15) is 53.4 Å². The zero-order valence-electron chi connectivity index (χ0n) is 17.1. The number of benzene rings is 2. The maximum Gasteiger partial charge on any atom is 0.251 e. The van der Waals surface area contributed by atoms with E-state index in [1.165, 1.54) is 0 Å². The molecule has 0 radical (unpaired) electrons. The Hall–Kier alpha value is -3.35. The summed E-state index contributed by atoms with van der Waals surface area (Å²) in [6, 6.07) is 16.7. The highest BCUT2D eigenvalue weighted by molar-refractivity contribution is 5.94. The number of fused-ring (bicyclic) bond motifs is 3. The van der Waals surface area contributed by atoms with E-state index >= 15 is 0 Å². The van der Waals surface area contributed by atoms with E-state index in [2.05, 4.69) is 36.6 Å². The lowest BCUT2D eigenvalue weighted by atomic mass is 9.71. The number of rotatable bonds is 4. The molecule has 0 aliphatic carbocycles. The highest BCUT2D eigenvalue weighted by atomic mass is 16.5. The predicted octanol–water partition coefficient (Wildman–Crippen LogP) is 3.76. The van der Waals surface area contributed by atoms with Crippen molar-refractivity contribution in [2.45, 2.75) is 32.4 Å². The molecule has 30 heavy (non-hydrogen) atoms. The third-order valence-electron chi connectivity index (χ3n) is 6.19. The Balaban J connectivity index is 1.51. The molecule has 152 valence electrons. The van der Waals surface area contributed by atoms with Crippen molar-refractivity contribution < 1.29 is 9.53 Å². The number of ether oxygens (including phenoxy) is 1. The Labute approximate surface area is 176 Å². The number of carbonyl (C=O) groups is 1. The van der Waals surface area contributed by atoms with Crippen molar-refractivity contribution in [2.75, 3.05) is 18.5 Å². The highest BCUT2D eigenvalue weighted by Crippen LogP contribution is 2.48. The van der Waals surface area contributed by atoms with Crippen molar-refractivity contribution in [3.63, 3.8) is 0 Å². The smallest absolute Gasteiger partial charge is 0.251 e. The molecule has 0 aromatic heterocycles. The van der Waals surface area contributed by atoms with Gasteiger partial charge < -0.3 is 15.4 Å². The van der Waals surface area contributed by atoms with Crippen molar-refractivity contribution in [2.24, 2.45) is 11.3 Å². The maximum atomic E-state index is 12.6. The van der Waals surface area contributed by atoms with Gasteiger partial charge >= 0.3 is 0 Å². The minimum Gasteiger partial charge on any atom is -0.381 e. The van der Waals surface area contributed by atoms with E-state index in [0.717, 1.165) is 17.7 Å². The van der Waals surface area contributed by atoms with Gasteiger partial charge in [0.2, 0.25) is 0 Å². The first kappa shape index (κ1) is 19.9. The lowest BCUT2D eigenvalue weighted by Crippen LogP contribution is -2.51. The van der Waals surface area contributed by atoms with Gasteiger partial charge in [-0.15, -0.1) is 0 Å². The molecule has 4 rings (SSSR count). The third kappa shape index (κ3) is 3.63. The Morgan fingerprint density at radius 1 is 1.17 bits per heavy atom. The fourth-order valence-electron chi connectivity index (χ4n) is 4.53. The van der Waals surface area contributed by atoms with E-state index in [9.17, 15) is 10.1 Å². The van der Waals surface area contributed by atoms with Crippen LogP contribution in [0.4, 0.5) is 5.69 Å². The summed E-state index contributed by atoms with van der Waals surface area (Å²) in [5.41, 5.74) is 3.52. The van der Waals surface area contributed by atoms with E-state index in [1.807, 2.05) is 18.2 Å². The molecule has 1 saturated heterocycles. The first-order valence-corrected chi connectivity index (χ1v) is 10.1. The van der Waals surface area contributed by atoms with Crippen LogP contribution in [0.15, 0.2) is 42.5 Å². The summed E-state index contributed by atoms with van der Waals surface area (Å²) < 4.78 is 6.06. The first-order valence-electron chi connectivity index (χ1n) is 10.1. The largest absolute Gasteiger partial charge is 0.381 e. The maximum absolute atomic E-state index is 12.6. The van der Waals surface area contributed by atoms with Crippen molar-refractivity contribution >= 4 is 11.6 Å². The number of nitrogens with zero attached hydrogens (tertiary/aromatic N) is 2. The van der Waals surface area contributed by atoms with E-state index in [4.69, 9.17) is 10.00 Å². The van der Waals surface area contributed by atoms with Crippen LogP contribution in [0, 0.1) is 34.0 Å². The second-order valence-electron chi connectivity index (χ2n) is 8.64. The molecule has 6 heteroatoms. The van der Waals surface area contributed by atoms with Crippen LogP contribution in [-0.2, 0) is 4.74 Å². The molecule has 2 N–H and O–H groups in total.